The Morgan fingerprint density at radius 2 is 2.27 bits per heavy atom. The number of aromatic amines is 1. The molecule has 0 aromatic carbocycles. The van der Waals surface area contributed by atoms with E-state index < -0.39 is 0 Å². The van der Waals surface area contributed by atoms with Crippen molar-refractivity contribution in [2.75, 3.05) is 5.75 Å². The van der Waals surface area contributed by atoms with Crippen LogP contribution in [-0.4, -0.2) is 30.3 Å². The quantitative estimate of drug-likeness (QED) is 0.590. The molecule has 6 nitrogen and oxygen atoms in total. The number of rotatable bonds is 3. The molecule has 0 aliphatic heterocycles. The van der Waals surface area contributed by atoms with Crippen LogP contribution in [0, 0.1) is 26.2 Å². The van der Waals surface area contributed by atoms with Gasteiger partial charge in [-0.05, 0) is 31.5 Å². The zero-order valence-corrected chi connectivity index (χ0v) is 12.9. The summed E-state index contributed by atoms with van der Waals surface area (Å²) in [6, 6.07) is 3.83. The van der Waals surface area contributed by atoms with Gasteiger partial charge in [0.15, 0.2) is 10.8 Å². The second-order valence-electron chi connectivity index (χ2n) is 4.72. The number of aryl methyl sites for hydroxylation is 2. The molecule has 0 saturated heterocycles. The number of aromatic nitrogens is 5. The van der Waals surface area contributed by atoms with Gasteiger partial charge >= 0.3 is 5.69 Å². The van der Waals surface area contributed by atoms with Crippen molar-refractivity contribution in [1.29, 1.82) is 0 Å². The highest BCUT2D eigenvalue weighted by atomic mass is 32.2. The third kappa shape index (κ3) is 2.49. The lowest BCUT2D eigenvalue weighted by Gasteiger charge is -2.02. The molecule has 3 rings (SSSR count). The van der Waals surface area contributed by atoms with E-state index in [1.165, 1.54) is 16.3 Å². The molecule has 0 bridgehead atoms. The fraction of sp³-hybridized carbons (Fsp3) is 0.200. The number of hydrogen-bond acceptors (Lipinski definition) is 5. The van der Waals surface area contributed by atoms with Crippen LogP contribution in [0.2, 0.25) is 0 Å². The summed E-state index contributed by atoms with van der Waals surface area (Å²) in [4.78, 5) is 23.5. The van der Waals surface area contributed by atoms with Gasteiger partial charge < -0.3 is 0 Å². The van der Waals surface area contributed by atoms with Crippen molar-refractivity contribution in [3.8, 4) is 23.5 Å². The highest BCUT2D eigenvalue weighted by Crippen LogP contribution is 2.27. The van der Waals surface area contributed by atoms with Crippen molar-refractivity contribution in [2.24, 2.45) is 0 Å². The fourth-order valence-electron chi connectivity index (χ4n) is 2.25. The molecule has 3 aromatic heterocycles. The predicted octanol–water partition coefficient (Wildman–Crippen LogP) is 1.82. The molecule has 7 heteroatoms. The van der Waals surface area contributed by atoms with Crippen LogP contribution in [0.4, 0.5) is 0 Å². The first-order valence-corrected chi connectivity index (χ1v) is 7.57. The van der Waals surface area contributed by atoms with Crippen LogP contribution in [0.25, 0.3) is 16.8 Å². The Kier molecular flexibility index (Phi) is 3.69. The number of pyridine rings is 1. The highest BCUT2D eigenvalue weighted by Gasteiger charge is 2.16. The molecular formula is C15H13N5OS. The third-order valence-corrected chi connectivity index (χ3v) is 3.91. The molecule has 0 aliphatic rings. The molecule has 1 N–H and O–H groups in total. The van der Waals surface area contributed by atoms with E-state index in [1.54, 1.807) is 6.20 Å². The Bertz CT molecular complexity index is 951. The first kappa shape index (κ1) is 14.4. The van der Waals surface area contributed by atoms with Crippen molar-refractivity contribution in [1.82, 2.24) is 24.6 Å². The maximum absolute atomic E-state index is 12.2. The van der Waals surface area contributed by atoms with E-state index in [0.717, 1.165) is 22.5 Å². The largest absolute Gasteiger partial charge is 0.350 e. The van der Waals surface area contributed by atoms with Gasteiger partial charge in [0.05, 0.1) is 11.4 Å². The molecule has 110 valence electrons. The van der Waals surface area contributed by atoms with Gasteiger partial charge in [0.1, 0.15) is 0 Å². The standard InChI is InChI=1S/C15H13N5OS/c1-4-7-22-14-17-13-12(11-5-6-16-9(2)8-11)10(3)19-20(13)15(21)18-14/h1,5-6,8H,7H2,2-3H3,(H,17,18,21). The SMILES string of the molecule is C#CCSc1nc2c(-c3ccnc(C)c3)c(C)nn2c(=O)[nH]1. The minimum atomic E-state index is -0.329. The lowest BCUT2D eigenvalue weighted by molar-refractivity contribution is 0.780. The summed E-state index contributed by atoms with van der Waals surface area (Å²) in [6.45, 7) is 3.77. The van der Waals surface area contributed by atoms with E-state index in [0.29, 0.717) is 16.6 Å². The average molecular weight is 311 g/mol. The lowest BCUT2D eigenvalue weighted by atomic mass is 10.1. The van der Waals surface area contributed by atoms with Crippen LogP contribution in [0.3, 0.4) is 0 Å². The van der Waals surface area contributed by atoms with Gasteiger partial charge in [0.25, 0.3) is 0 Å². The van der Waals surface area contributed by atoms with Crippen LogP contribution >= 0.6 is 11.8 Å². The summed E-state index contributed by atoms with van der Waals surface area (Å²) in [5.74, 6) is 2.95. The van der Waals surface area contributed by atoms with Crippen molar-refractivity contribution < 1.29 is 0 Å². The number of H-pyrrole nitrogens is 1. The molecule has 0 atom stereocenters. The Balaban J connectivity index is 2.26. The van der Waals surface area contributed by atoms with E-state index in [2.05, 4.69) is 26.0 Å². The summed E-state index contributed by atoms with van der Waals surface area (Å²) in [6.07, 6.45) is 6.98. The van der Waals surface area contributed by atoms with Gasteiger partial charge in [0.2, 0.25) is 0 Å². The minimum absolute atomic E-state index is 0.329. The Hall–Kier alpha value is -2.59. The Morgan fingerprint density at radius 3 is 3.00 bits per heavy atom. The van der Waals surface area contributed by atoms with Crippen LogP contribution in [0.5, 0.6) is 0 Å². The predicted molar refractivity (Wildman–Crippen MR) is 85.9 cm³/mol. The number of nitrogens with zero attached hydrogens (tertiary/aromatic N) is 4. The molecule has 3 aromatic rings. The molecule has 0 radical (unpaired) electrons. The second kappa shape index (κ2) is 5.66. The fourth-order valence-corrected chi connectivity index (χ4v) is 2.78. The first-order valence-electron chi connectivity index (χ1n) is 6.59. The molecule has 3 heterocycles. The normalized spacial score (nSPS) is 10.8. The van der Waals surface area contributed by atoms with Gasteiger partial charge in [0, 0.05) is 17.5 Å². The molecular weight excluding hydrogens is 298 g/mol. The first-order chi connectivity index (χ1) is 10.6. The highest BCUT2D eigenvalue weighted by molar-refractivity contribution is 7.99. The van der Waals surface area contributed by atoms with Gasteiger partial charge in [-0.2, -0.15) is 9.61 Å². The maximum Gasteiger partial charge on any atom is 0.350 e. The topological polar surface area (TPSA) is 75.9 Å². The average Bonchev–Trinajstić information content (AvgIpc) is 2.82. The molecule has 0 unspecified atom stereocenters. The van der Waals surface area contributed by atoms with Gasteiger partial charge in [-0.3, -0.25) is 9.97 Å². The zero-order chi connectivity index (χ0) is 15.7. The molecule has 0 fully saturated rings. The molecule has 22 heavy (non-hydrogen) atoms. The second-order valence-corrected chi connectivity index (χ2v) is 5.69. The molecule has 0 amide bonds. The zero-order valence-electron chi connectivity index (χ0n) is 12.1. The number of nitrogens with one attached hydrogen (secondary N) is 1. The van der Waals surface area contributed by atoms with Crippen molar-refractivity contribution in [2.45, 2.75) is 19.0 Å². The van der Waals surface area contributed by atoms with Crippen LogP contribution < -0.4 is 5.69 Å². The van der Waals surface area contributed by atoms with Crippen LogP contribution in [0.15, 0.2) is 28.3 Å². The third-order valence-electron chi connectivity index (χ3n) is 3.13. The smallest absolute Gasteiger partial charge is 0.285 e. The summed E-state index contributed by atoms with van der Waals surface area (Å²) in [7, 11) is 0. The number of fused-ring (bicyclic) bond motifs is 1. The van der Waals surface area contributed by atoms with Crippen LogP contribution in [-0.2, 0) is 0 Å². The monoisotopic (exact) mass is 311 g/mol. The summed E-state index contributed by atoms with van der Waals surface area (Å²) in [5, 5.41) is 4.77. The lowest BCUT2D eigenvalue weighted by Crippen LogP contribution is -2.19. The Morgan fingerprint density at radius 1 is 1.45 bits per heavy atom. The van der Waals surface area contributed by atoms with Gasteiger partial charge in [-0.1, -0.05) is 17.7 Å². The van der Waals surface area contributed by atoms with E-state index in [9.17, 15) is 4.79 Å². The maximum atomic E-state index is 12.2. The van der Waals surface area contributed by atoms with Crippen molar-refractivity contribution in [3.63, 3.8) is 0 Å². The van der Waals surface area contributed by atoms with Gasteiger partial charge in [-0.15, -0.1) is 6.42 Å². The molecule has 0 saturated carbocycles. The van der Waals surface area contributed by atoms with Crippen molar-refractivity contribution in [3.05, 3.63) is 40.2 Å². The van der Waals surface area contributed by atoms with E-state index in [4.69, 9.17) is 6.42 Å². The number of thioether (sulfide) groups is 1. The summed E-state index contributed by atoms with van der Waals surface area (Å²) >= 11 is 1.31. The number of hydrogen-bond donors (Lipinski definition) is 1. The minimum Gasteiger partial charge on any atom is -0.285 e. The van der Waals surface area contributed by atoms with Crippen LogP contribution in [0.1, 0.15) is 11.4 Å². The van der Waals surface area contributed by atoms with Gasteiger partial charge in [-0.25, -0.2) is 9.78 Å². The number of terminal acetylenes is 1. The molecule has 0 aliphatic carbocycles. The van der Waals surface area contributed by atoms with E-state index in [-0.39, 0.29) is 5.69 Å². The summed E-state index contributed by atoms with van der Waals surface area (Å²) in [5.41, 5.74) is 3.59. The van der Waals surface area contributed by atoms with E-state index in [1.807, 2.05) is 26.0 Å². The summed E-state index contributed by atoms with van der Waals surface area (Å²) < 4.78 is 1.28. The molecule has 0 spiro atoms. The van der Waals surface area contributed by atoms with E-state index >= 15 is 0 Å². The Labute approximate surface area is 131 Å². The van der Waals surface area contributed by atoms with Crippen molar-refractivity contribution >= 4 is 17.4 Å².